The molecule has 0 unspecified atom stereocenters. The Hall–Kier alpha value is -1.58. The summed E-state index contributed by atoms with van der Waals surface area (Å²) in [5.74, 6) is 0. The van der Waals surface area contributed by atoms with Crippen LogP contribution in [0.2, 0.25) is 0 Å². The van der Waals surface area contributed by atoms with Crippen molar-refractivity contribution in [2.24, 2.45) is 0 Å². The first kappa shape index (κ1) is 14.0. The van der Waals surface area contributed by atoms with Crippen molar-refractivity contribution in [3.63, 3.8) is 0 Å². The van der Waals surface area contributed by atoms with E-state index in [1.165, 1.54) is 37.8 Å². The molecule has 0 aliphatic carbocycles. The molecule has 0 radical (unpaired) electrons. The van der Waals surface area contributed by atoms with Crippen molar-refractivity contribution in [1.82, 2.24) is 9.47 Å². The largest absolute Gasteiger partial charge is 0.335 e. The molecule has 112 valence electrons. The van der Waals surface area contributed by atoms with E-state index < -0.39 is 0 Å². The molecular weight excluding hydrogens is 336 g/mol. The summed E-state index contributed by atoms with van der Waals surface area (Å²) in [6, 6.07) is 15.4. The van der Waals surface area contributed by atoms with Crippen LogP contribution in [0.3, 0.4) is 0 Å². The first-order valence-corrected chi connectivity index (χ1v) is 8.48. The molecule has 1 aromatic heterocycles. The van der Waals surface area contributed by atoms with Gasteiger partial charge in [0, 0.05) is 28.5 Å². The van der Waals surface area contributed by atoms with E-state index in [9.17, 15) is 0 Å². The van der Waals surface area contributed by atoms with E-state index >= 15 is 0 Å². The second-order valence-electron chi connectivity index (χ2n) is 6.26. The highest BCUT2D eigenvalue weighted by molar-refractivity contribution is 9.10. The van der Waals surface area contributed by atoms with E-state index in [0.29, 0.717) is 0 Å². The minimum absolute atomic E-state index is 0.979. The Labute approximate surface area is 139 Å². The third-order valence-electron chi connectivity index (χ3n) is 4.55. The zero-order valence-electron chi connectivity index (χ0n) is 12.9. The van der Waals surface area contributed by atoms with E-state index in [0.717, 1.165) is 19.5 Å². The van der Waals surface area contributed by atoms with Crippen molar-refractivity contribution in [2.75, 3.05) is 20.6 Å². The van der Waals surface area contributed by atoms with E-state index in [2.05, 4.69) is 82.0 Å². The van der Waals surface area contributed by atoms with E-state index in [-0.39, 0.29) is 0 Å². The molecule has 0 amide bonds. The molecule has 2 aromatic carbocycles. The Morgan fingerprint density at radius 3 is 2.73 bits per heavy atom. The Balaban J connectivity index is 2.00. The predicted octanol–water partition coefficient (Wildman–Crippen LogP) is 4.54. The van der Waals surface area contributed by atoms with Crippen LogP contribution >= 0.6 is 15.9 Å². The lowest BCUT2D eigenvalue weighted by atomic mass is 10.0. The predicted molar refractivity (Wildman–Crippen MR) is 96.4 cm³/mol. The van der Waals surface area contributed by atoms with Crippen LogP contribution < -0.4 is 0 Å². The summed E-state index contributed by atoms with van der Waals surface area (Å²) < 4.78 is 3.67. The van der Waals surface area contributed by atoms with Gasteiger partial charge in [-0.05, 0) is 53.6 Å². The lowest BCUT2D eigenvalue weighted by Crippen LogP contribution is -2.15. The third-order valence-corrected chi connectivity index (χ3v) is 5.19. The number of likely N-dealkylation sites (N-methyl/N-ethyl adjacent to an activating group) is 1. The zero-order chi connectivity index (χ0) is 15.3. The average Bonchev–Trinajstić information content (AvgIpc) is 3.00. The molecule has 1 aliphatic heterocycles. The van der Waals surface area contributed by atoms with Gasteiger partial charge in [-0.1, -0.05) is 36.4 Å². The average molecular weight is 355 g/mol. The van der Waals surface area contributed by atoms with Gasteiger partial charge in [-0.3, -0.25) is 0 Å². The number of fused-ring (bicyclic) bond motifs is 5. The Bertz CT molecular complexity index is 861. The number of benzene rings is 2. The van der Waals surface area contributed by atoms with Crippen LogP contribution in [0.15, 0.2) is 46.9 Å². The summed E-state index contributed by atoms with van der Waals surface area (Å²) in [5.41, 5.74) is 7.07. The van der Waals surface area contributed by atoms with Crippen LogP contribution in [0.1, 0.15) is 11.1 Å². The fraction of sp³-hybridized carbons (Fsp3) is 0.263. The molecular formula is C19H19BrN2. The molecule has 0 atom stereocenters. The second-order valence-corrected chi connectivity index (χ2v) is 7.11. The van der Waals surface area contributed by atoms with Crippen LogP contribution in [-0.2, 0) is 13.0 Å². The maximum Gasteiger partial charge on any atom is 0.0635 e. The highest BCUT2D eigenvalue weighted by atomic mass is 79.9. The summed E-state index contributed by atoms with van der Waals surface area (Å²) in [5, 5.41) is 1.39. The van der Waals surface area contributed by atoms with Gasteiger partial charge in [0.25, 0.3) is 0 Å². The van der Waals surface area contributed by atoms with Crippen molar-refractivity contribution in [1.29, 1.82) is 0 Å². The van der Waals surface area contributed by atoms with Gasteiger partial charge in [0.15, 0.2) is 0 Å². The minimum Gasteiger partial charge on any atom is -0.335 e. The zero-order valence-corrected chi connectivity index (χ0v) is 14.5. The smallest absolute Gasteiger partial charge is 0.0635 e. The monoisotopic (exact) mass is 354 g/mol. The number of halogens is 1. The molecule has 0 bridgehead atoms. The Morgan fingerprint density at radius 1 is 1.09 bits per heavy atom. The van der Waals surface area contributed by atoms with Crippen molar-refractivity contribution in [3.05, 3.63) is 58.1 Å². The highest BCUT2D eigenvalue weighted by Gasteiger charge is 2.26. The van der Waals surface area contributed by atoms with Crippen molar-refractivity contribution in [3.8, 4) is 11.3 Å². The van der Waals surface area contributed by atoms with Gasteiger partial charge in [0.05, 0.1) is 11.2 Å². The van der Waals surface area contributed by atoms with E-state index in [4.69, 9.17) is 0 Å². The van der Waals surface area contributed by atoms with Gasteiger partial charge in [0.2, 0.25) is 0 Å². The molecule has 0 fully saturated rings. The lowest BCUT2D eigenvalue weighted by Gasteiger charge is -2.10. The van der Waals surface area contributed by atoms with E-state index in [1.807, 2.05) is 0 Å². The molecule has 0 saturated heterocycles. The molecule has 2 heterocycles. The minimum atomic E-state index is 0.979. The third kappa shape index (κ3) is 2.03. The number of hydrogen-bond acceptors (Lipinski definition) is 1. The number of para-hydroxylation sites is 1. The fourth-order valence-electron chi connectivity index (χ4n) is 3.55. The number of aromatic nitrogens is 1. The Kier molecular flexibility index (Phi) is 3.35. The topological polar surface area (TPSA) is 8.17 Å². The van der Waals surface area contributed by atoms with Gasteiger partial charge < -0.3 is 9.47 Å². The molecule has 3 heteroatoms. The molecule has 0 saturated carbocycles. The standard InChI is InChI=1S/C19H19BrN2/c1-21(2)11-10-16-15-8-5-9-17(20)19(15)22-12-13-6-3-4-7-14(13)18(16)22/h3-9H,10-12H2,1-2H3. The van der Waals surface area contributed by atoms with Crippen molar-refractivity contribution in [2.45, 2.75) is 13.0 Å². The van der Waals surface area contributed by atoms with Gasteiger partial charge in [0.1, 0.15) is 0 Å². The normalized spacial score (nSPS) is 12.9. The SMILES string of the molecule is CN(C)CCc1c2n(c3c(Br)cccc13)Cc1ccccc1-2. The first-order chi connectivity index (χ1) is 10.7. The van der Waals surface area contributed by atoms with Gasteiger partial charge in [-0.2, -0.15) is 0 Å². The van der Waals surface area contributed by atoms with Crippen molar-refractivity contribution >= 4 is 26.8 Å². The summed E-state index contributed by atoms with van der Waals surface area (Å²) >= 11 is 3.76. The molecule has 4 rings (SSSR count). The van der Waals surface area contributed by atoms with Crippen LogP contribution in [0.25, 0.3) is 22.2 Å². The quantitative estimate of drug-likeness (QED) is 0.524. The van der Waals surface area contributed by atoms with Crippen LogP contribution in [0.4, 0.5) is 0 Å². The second kappa shape index (κ2) is 5.25. The molecule has 2 nitrogen and oxygen atoms in total. The van der Waals surface area contributed by atoms with Crippen LogP contribution in [0.5, 0.6) is 0 Å². The summed E-state index contributed by atoms with van der Waals surface area (Å²) in [6.45, 7) is 2.05. The molecule has 3 aromatic rings. The number of hydrogen-bond donors (Lipinski definition) is 0. The number of nitrogens with zero attached hydrogens (tertiary/aromatic N) is 2. The molecule has 0 spiro atoms. The summed E-state index contributed by atoms with van der Waals surface area (Å²) in [4.78, 5) is 2.26. The van der Waals surface area contributed by atoms with E-state index in [1.54, 1.807) is 0 Å². The maximum absolute atomic E-state index is 3.76. The molecule has 22 heavy (non-hydrogen) atoms. The van der Waals surface area contributed by atoms with Crippen molar-refractivity contribution < 1.29 is 0 Å². The summed E-state index contributed by atoms with van der Waals surface area (Å²) in [6.07, 6.45) is 1.08. The fourth-order valence-corrected chi connectivity index (χ4v) is 4.13. The van der Waals surface area contributed by atoms with Gasteiger partial charge >= 0.3 is 0 Å². The highest BCUT2D eigenvalue weighted by Crippen LogP contribution is 2.43. The lowest BCUT2D eigenvalue weighted by molar-refractivity contribution is 0.414. The summed E-state index contributed by atoms with van der Waals surface area (Å²) in [7, 11) is 4.28. The van der Waals surface area contributed by atoms with Crippen LogP contribution in [-0.4, -0.2) is 30.1 Å². The Morgan fingerprint density at radius 2 is 1.91 bits per heavy atom. The maximum atomic E-state index is 3.76. The molecule has 0 N–H and O–H groups in total. The molecule has 1 aliphatic rings. The van der Waals surface area contributed by atoms with Gasteiger partial charge in [-0.15, -0.1) is 0 Å². The number of rotatable bonds is 3. The van der Waals surface area contributed by atoms with Crippen LogP contribution in [0, 0.1) is 0 Å². The first-order valence-electron chi connectivity index (χ1n) is 7.69. The van der Waals surface area contributed by atoms with Gasteiger partial charge in [-0.25, -0.2) is 0 Å².